The molecule has 158 valence electrons. The normalized spacial score (nSPS) is 23.3. The number of rotatable bonds is 8. The number of hydrogen-bond donors (Lipinski definition) is 4. The molecule has 0 amide bonds. The standard InChI is InChI=1S/C22H24FN3O3S/c23-16-6-7-17-18(11-16)26-22(25-17,12-20(28)29)30-21(15-8-9-24-13-15)19(27)10-14-4-2-1-3-5-14/h1-7,11,15,21,24-26H,8-10,12-13H2,(H,28,29). The molecule has 6 nitrogen and oxygen atoms in total. The van der Waals surface area contributed by atoms with E-state index in [0.717, 1.165) is 18.5 Å². The highest BCUT2D eigenvalue weighted by atomic mass is 32.2. The second-order valence-electron chi connectivity index (χ2n) is 7.76. The topological polar surface area (TPSA) is 90.5 Å². The van der Waals surface area contributed by atoms with Crippen molar-refractivity contribution in [3.05, 3.63) is 59.9 Å². The summed E-state index contributed by atoms with van der Waals surface area (Å²) in [5, 5.41) is 18.8. The van der Waals surface area contributed by atoms with Gasteiger partial charge in [0.1, 0.15) is 5.82 Å². The molecule has 1 fully saturated rings. The summed E-state index contributed by atoms with van der Waals surface area (Å²) < 4.78 is 13.7. The monoisotopic (exact) mass is 429 g/mol. The van der Waals surface area contributed by atoms with E-state index in [1.165, 1.54) is 23.9 Å². The smallest absolute Gasteiger partial charge is 0.308 e. The summed E-state index contributed by atoms with van der Waals surface area (Å²) in [5.74, 6) is -1.25. The lowest BCUT2D eigenvalue weighted by Gasteiger charge is -2.34. The molecule has 3 atom stereocenters. The fraction of sp³-hybridized carbons (Fsp3) is 0.364. The molecule has 2 aliphatic rings. The average molecular weight is 430 g/mol. The molecule has 3 unspecified atom stereocenters. The van der Waals surface area contributed by atoms with E-state index in [9.17, 15) is 19.1 Å². The highest BCUT2D eigenvalue weighted by Gasteiger charge is 2.45. The molecule has 2 aliphatic heterocycles. The second-order valence-corrected chi connectivity index (χ2v) is 9.20. The third kappa shape index (κ3) is 4.60. The summed E-state index contributed by atoms with van der Waals surface area (Å²) in [6.07, 6.45) is 0.881. The van der Waals surface area contributed by atoms with Crippen LogP contribution < -0.4 is 16.0 Å². The molecule has 0 aromatic heterocycles. The van der Waals surface area contributed by atoms with Gasteiger partial charge in [0.25, 0.3) is 0 Å². The van der Waals surface area contributed by atoms with Crippen molar-refractivity contribution < 1.29 is 19.1 Å². The summed E-state index contributed by atoms with van der Waals surface area (Å²) in [5.41, 5.74) is 2.07. The van der Waals surface area contributed by atoms with Gasteiger partial charge < -0.3 is 21.1 Å². The maximum Gasteiger partial charge on any atom is 0.308 e. The van der Waals surface area contributed by atoms with Crippen LogP contribution in [0.1, 0.15) is 18.4 Å². The molecule has 1 saturated heterocycles. The maximum atomic E-state index is 13.7. The van der Waals surface area contributed by atoms with Crippen molar-refractivity contribution in [3.8, 4) is 0 Å². The number of anilines is 2. The predicted molar refractivity (Wildman–Crippen MR) is 116 cm³/mol. The number of carbonyl (C=O) groups is 2. The number of halogens is 1. The first-order chi connectivity index (χ1) is 14.4. The maximum absolute atomic E-state index is 13.7. The van der Waals surface area contributed by atoms with Crippen molar-refractivity contribution in [2.24, 2.45) is 5.92 Å². The Labute approximate surface area is 178 Å². The van der Waals surface area contributed by atoms with Gasteiger partial charge in [-0.2, -0.15) is 0 Å². The highest BCUT2D eigenvalue weighted by molar-refractivity contribution is 8.02. The Balaban J connectivity index is 1.60. The second kappa shape index (κ2) is 8.65. The van der Waals surface area contributed by atoms with Gasteiger partial charge in [0.2, 0.25) is 0 Å². The molecule has 2 aromatic rings. The van der Waals surface area contributed by atoms with Crippen molar-refractivity contribution in [1.29, 1.82) is 0 Å². The van der Waals surface area contributed by atoms with Crippen LogP contribution in [0.2, 0.25) is 0 Å². The largest absolute Gasteiger partial charge is 0.481 e. The third-order valence-electron chi connectivity index (χ3n) is 5.45. The van der Waals surface area contributed by atoms with Crippen LogP contribution in [-0.4, -0.2) is 40.2 Å². The van der Waals surface area contributed by atoms with Crippen molar-refractivity contribution in [2.45, 2.75) is 29.5 Å². The van der Waals surface area contributed by atoms with Gasteiger partial charge in [0.15, 0.2) is 10.8 Å². The number of fused-ring (bicyclic) bond motifs is 1. The zero-order valence-corrected chi connectivity index (χ0v) is 17.2. The number of benzene rings is 2. The van der Waals surface area contributed by atoms with Gasteiger partial charge in [0, 0.05) is 6.42 Å². The number of aliphatic carboxylic acids is 1. The van der Waals surface area contributed by atoms with Crippen LogP contribution in [0.3, 0.4) is 0 Å². The molecule has 2 aromatic carbocycles. The van der Waals surface area contributed by atoms with Crippen LogP contribution >= 0.6 is 11.8 Å². The molecule has 0 radical (unpaired) electrons. The molecule has 0 spiro atoms. The Morgan fingerprint density at radius 3 is 2.63 bits per heavy atom. The summed E-state index contributed by atoms with van der Waals surface area (Å²) >= 11 is 1.30. The predicted octanol–water partition coefficient (Wildman–Crippen LogP) is 3.31. The van der Waals surface area contributed by atoms with E-state index in [-0.39, 0.29) is 18.1 Å². The van der Waals surface area contributed by atoms with Gasteiger partial charge in [-0.05, 0) is 49.2 Å². The summed E-state index contributed by atoms with van der Waals surface area (Å²) in [7, 11) is 0. The molecule has 4 N–H and O–H groups in total. The summed E-state index contributed by atoms with van der Waals surface area (Å²) in [6.45, 7) is 1.54. The third-order valence-corrected chi connectivity index (χ3v) is 7.10. The number of carboxylic acids is 1. The minimum Gasteiger partial charge on any atom is -0.481 e. The first-order valence-electron chi connectivity index (χ1n) is 9.97. The zero-order chi connectivity index (χ0) is 21.1. The molecule has 0 saturated carbocycles. The molecule has 0 aliphatic carbocycles. The van der Waals surface area contributed by atoms with Crippen LogP contribution in [0.4, 0.5) is 15.8 Å². The molecule has 8 heteroatoms. The van der Waals surface area contributed by atoms with E-state index in [1.807, 2.05) is 30.3 Å². The Morgan fingerprint density at radius 2 is 1.93 bits per heavy atom. The average Bonchev–Trinajstić information content (AvgIpc) is 3.34. The van der Waals surface area contributed by atoms with Crippen molar-refractivity contribution in [1.82, 2.24) is 5.32 Å². The van der Waals surface area contributed by atoms with Crippen molar-refractivity contribution in [2.75, 3.05) is 23.7 Å². The first kappa shape index (κ1) is 20.7. The Kier molecular flexibility index (Phi) is 5.97. The van der Waals surface area contributed by atoms with Crippen LogP contribution in [-0.2, 0) is 16.0 Å². The lowest BCUT2D eigenvalue weighted by molar-refractivity contribution is -0.137. The number of thioether (sulfide) groups is 1. The Morgan fingerprint density at radius 1 is 1.17 bits per heavy atom. The van der Waals surface area contributed by atoms with E-state index >= 15 is 0 Å². The number of ketones is 1. The van der Waals surface area contributed by atoms with E-state index in [4.69, 9.17) is 0 Å². The van der Waals surface area contributed by atoms with E-state index < -0.39 is 22.0 Å². The number of Topliss-reactive ketones (excluding diaryl/α,β-unsaturated/α-hetero) is 1. The molecule has 30 heavy (non-hydrogen) atoms. The fourth-order valence-electron chi connectivity index (χ4n) is 4.07. The summed E-state index contributed by atoms with van der Waals surface area (Å²) in [4.78, 5) is 23.9. The molecule has 4 rings (SSSR count). The van der Waals surface area contributed by atoms with Gasteiger partial charge in [0.05, 0.1) is 23.0 Å². The minimum atomic E-state index is -1.12. The Bertz CT molecular complexity index is 936. The number of hydrogen-bond acceptors (Lipinski definition) is 6. The van der Waals surface area contributed by atoms with Crippen LogP contribution in [0, 0.1) is 11.7 Å². The first-order valence-corrected chi connectivity index (χ1v) is 10.8. The van der Waals surface area contributed by atoms with Crippen LogP contribution in [0.5, 0.6) is 0 Å². The minimum absolute atomic E-state index is 0.0652. The zero-order valence-electron chi connectivity index (χ0n) is 16.4. The SMILES string of the molecule is O=C(O)CC1(SC(C(=O)Cc2ccccc2)C2CCNC2)Nc2ccc(F)cc2N1. The number of carbonyl (C=O) groups excluding carboxylic acids is 1. The summed E-state index contributed by atoms with van der Waals surface area (Å²) in [6, 6.07) is 13.8. The highest BCUT2D eigenvalue weighted by Crippen LogP contribution is 2.45. The van der Waals surface area contributed by atoms with Gasteiger partial charge in [-0.1, -0.05) is 30.3 Å². The van der Waals surface area contributed by atoms with E-state index in [0.29, 0.717) is 24.3 Å². The molecule has 0 bridgehead atoms. The molecule has 2 heterocycles. The lowest BCUT2D eigenvalue weighted by atomic mass is 9.97. The van der Waals surface area contributed by atoms with Gasteiger partial charge >= 0.3 is 5.97 Å². The Hall–Kier alpha value is -2.58. The van der Waals surface area contributed by atoms with Crippen LogP contribution in [0.15, 0.2) is 48.5 Å². The van der Waals surface area contributed by atoms with Gasteiger partial charge in [-0.25, -0.2) is 4.39 Å². The quantitative estimate of drug-likeness (QED) is 0.512. The molecular formula is C22H24FN3O3S. The van der Waals surface area contributed by atoms with Crippen molar-refractivity contribution >= 4 is 34.9 Å². The van der Waals surface area contributed by atoms with Gasteiger partial charge in [-0.15, -0.1) is 11.8 Å². The molecular weight excluding hydrogens is 405 g/mol. The van der Waals surface area contributed by atoms with Crippen LogP contribution in [0.25, 0.3) is 0 Å². The van der Waals surface area contributed by atoms with Crippen molar-refractivity contribution in [3.63, 3.8) is 0 Å². The lowest BCUT2D eigenvalue weighted by Crippen LogP contribution is -2.45. The van der Waals surface area contributed by atoms with E-state index in [2.05, 4.69) is 16.0 Å². The number of carboxylic acid groups (broad SMARTS) is 1. The number of nitrogens with one attached hydrogen (secondary N) is 3. The fourth-order valence-corrected chi connectivity index (χ4v) is 5.69. The van der Waals surface area contributed by atoms with E-state index in [1.54, 1.807) is 6.07 Å². The van der Waals surface area contributed by atoms with Gasteiger partial charge in [-0.3, -0.25) is 9.59 Å².